The van der Waals surface area contributed by atoms with Gasteiger partial charge in [0.2, 0.25) is 0 Å². The monoisotopic (exact) mass is 272 g/mol. The lowest BCUT2D eigenvalue weighted by atomic mass is 9.78. The Hall–Kier alpha value is -1.57. The molecule has 0 aliphatic heterocycles. The van der Waals surface area contributed by atoms with E-state index in [-0.39, 0.29) is 5.41 Å². The topological polar surface area (TPSA) is 15.6 Å². The van der Waals surface area contributed by atoms with Crippen LogP contribution in [0.15, 0.2) is 41.5 Å². The van der Waals surface area contributed by atoms with Crippen LogP contribution >= 0.6 is 0 Å². The van der Waals surface area contributed by atoms with Crippen molar-refractivity contribution in [3.8, 4) is 0 Å². The molecule has 0 saturated carbocycles. The molecule has 0 spiro atoms. The van der Waals surface area contributed by atoms with Crippen LogP contribution in [0.4, 0.5) is 0 Å². The molecule has 0 aliphatic rings. The molecule has 1 rings (SSSR count). The van der Waals surface area contributed by atoms with Crippen molar-refractivity contribution in [1.82, 2.24) is 4.90 Å². The quantitative estimate of drug-likeness (QED) is 0.707. The van der Waals surface area contributed by atoms with Gasteiger partial charge in [0.1, 0.15) is 0 Å². The molecule has 0 radical (unpaired) electrons. The van der Waals surface area contributed by atoms with Crippen molar-refractivity contribution in [3.63, 3.8) is 0 Å². The number of benzene rings is 1. The van der Waals surface area contributed by atoms with Crippen molar-refractivity contribution in [2.24, 2.45) is 4.99 Å². The summed E-state index contributed by atoms with van der Waals surface area (Å²) in [6.07, 6.45) is 1.09. The molecule has 0 heterocycles. The number of allylic oxidation sites excluding steroid dienone is 1. The SMILES string of the molecule is C=C(C)N(C)CCC(C)(C)c1ccccc1C(C)=NC. The second kappa shape index (κ2) is 6.74. The van der Waals surface area contributed by atoms with Gasteiger partial charge < -0.3 is 4.90 Å². The third-order valence-electron chi connectivity index (χ3n) is 4.11. The summed E-state index contributed by atoms with van der Waals surface area (Å²) in [5.41, 5.74) is 4.96. The maximum atomic E-state index is 4.35. The Balaban J connectivity index is 3.00. The minimum Gasteiger partial charge on any atom is -0.379 e. The van der Waals surface area contributed by atoms with Crippen molar-refractivity contribution >= 4 is 5.71 Å². The fraction of sp³-hybridized carbons (Fsp3) is 0.500. The summed E-state index contributed by atoms with van der Waals surface area (Å²) < 4.78 is 0. The molecule has 0 aromatic heterocycles. The second-order valence-corrected chi connectivity index (χ2v) is 6.15. The highest BCUT2D eigenvalue weighted by Crippen LogP contribution is 2.30. The summed E-state index contributed by atoms with van der Waals surface area (Å²) in [6, 6.07) is 8.60. The van der Waals surface area contributed by atoms with Gasteiger partial charge in [-0.2, -0.15) is 0 Å². The first-order valence-corrected chi connectivity index (χ1v) is 7.19. The molecule has 110 valence electrons. The molecule has 0 amide bonds. The molecule has 2 nitrogen and oxygen atoms in total. The minimum absolute atomic E-state index is 0.117. The summed E-state index contributed by atoms with van der Waals surface area (Å²) in [5.74, 6) is 0. The molecular formula is C18H28N2. The Morgan fingerprint density at radius 2 is 1.85 bits per heavy atom. The lowest BCUT2D eigenvalue weighted by Gasteiger charge is -2.31. The number of rotatable bonds is 6. The van der Waals surface area contributed by atoms with E-state index < -0.39 is 0 Å². The van der Waals surface area contributed by atoms with Gasteiger partial charge in [0.15, 0.2) is 0 Å². The standard InChI is InChI=1S/C18H28N2/c1-14(2)20(7)13-12-18(4,5)17-11-9-8-10-16(17)15(3)19-6/h8-11H,1,12-13H2,2-7H3. The first-order chi connectivity index (χ1) is 9.29. The number of aliphatic imine (C=N–C) groups is 1. The van der Waals surface area contributed by atoms with Crippen molar-refractivity contribution in [3.05, 3.63) is 47.7 Å². The summed E-state index contributed by atoms with van der Waals surface area (Å²) >= 11 is 0. The third-order valence-corrected chi connectivity index (χ3v) is 4.11. The zero-order chi connectivity index (χ0) is 15.3. The summed E-state index contributed by atoms with van der Waals surface area (Å²) in [7, 11) is 3.96. The van der Waals surface area contributed by atoms with Crippen LogP contribution in [-0.4, -0.2) is 31.3 Å². The Kier molecular flexibility index (Phi) is 5.55. The van der Waals surface area contributed by atoms with Gasteiger partial charge in [-0.1, -0.05) is 44.7 Å². The Bertz CT molecular complexity index is 498. The Morgan fingerprint density at radius 3 is 2.40 bits per heavy atom. The van der Waals surface area contributed by atoms with Gasteiger partial charge >= 0.3 is 0 Å². The van der Waals surface area contributed by atoms with Crippen LogP contribution in [0.2, 0.25) is 0 Å². The predicted molar refractivity (Wildman–Crippen MR) is 89.7 cm³/mol. The fourth-order valence-electron chi connectivity index (χ4n) is 2.28. The van der Waals surface area contributed by atoms with E-state index in [0.717, 1.165) is 24.4 Å². The Labute approximate surface area is 124 Å². The van der Waals surface area contributed by atoms with Crippen LogP contribution in [0.5, 0.6) is 0 Å². The average Bonchev–Trinajstić information content (AvgIpc) is 2.43. The van der Waals surface area contributed by atoms with E-state index in [2.05, 4.69) is 75.5 Å². The predicted octanol–water partition coefficient (Wildman–Crippen LogP) is 4.26. The molecule has 0 atom stereocenters. The molecule has 0 bridgehead atoms. The normalized spacial score (nSPS) is 12.4. The van der Waals surface area contributed by atoms with Gasteiger partial charge in [0, 0.05) is 32.0 Å². The highest BCUT2D eigenvalue weighted by molar-refractivity contribution is 6.00. The third kappa shape index (κ3) is 3.96. The smallest absolute Gasteiger partial charge is 0.0389 e. The molecule has 0 aliphatic carbocycles. The van der Waals surface area contributed by atoms with Crippen LogP contribution in [0.3, 0.4) is 0 Å². The summed E-state index contributed by atoms with van der Waals surface area (Å²) in [6.45, 7) is 13.7. The highest BCUT2D eigenvalue weighted by atomic mass is 15.1. The molecule has 0 saturated heterocycles. The van der Waals surface area contributed by atoms with Crippen molar-refractivity contribution in [2.45, 2.75) is 39.5 Å². The van der Waals surface area contributed by atoms with Gasteiger partial charge in [0.25, 0.3) is 0 Å². The summed E-state index contributed by atoms with van der Waals surface area (Å²) in [4.78, 5) is 6.56. The second-order valence-electron chi connectivity index (χ2n) is 6.15. The lowest BCUT2D eigenvalue weighted by molar-refractivity contribution is 0.350. The van der Waals surface area contributed by atoms with E-state index in [1.165, 1.54) is 11.1 Å². The van der Waals surface area contributed by atoms with E-state index in [1.54, 1.807) is 0 Å². The molecule has 1 aromatic carbocycles. The molecule has 20 heavy (non-hydrogen) atoms. The first kappa shape index (κ1) is 16.5. The highest BCUT2D eigenvalue weighted by Gasteiger charge is 2.24. The largest absolute Gasteiger partial charge is 0.379 e. The van der Waals surface area contributed by atoms with Crippen molar-refractivity contribution in [1.29, 1.82) is 0 Å². The summed E-state index contributed by atoms with van der Waals surface area (Å²) in [5, 5.41) is 0. The minimum atomic E-state index is 0.117. The van der Waals surface area contributed by atoms with Gasteiger partial charge in [-0.25, -0.2) is 0 Å². The molecule has 0 fully saturated rings. The van der Waals surface area contributed by atoms with Gasteiger partial charge in [0.05, 0.1) is 0 Å². The first-order valence-electron chi connectivity index (χ1n) is 7.19. The van der Waals surface area contributed by atoms with Crippen LogP contribution in [0, 0.1) is 0 Å². The van der Waals surface area contributed by atoms with Gasteiger partial charge in [-0.05, 0) is 36.8 Å². The van der Waals surface area contributed by atoms with E-state index in [4.69, 9.17) is 0 Å². The van der Waals surface area contributed by atoms with E-state index in [1.807, 2.05) is 7.05 Å². The van der Waals surface area contributed by atoms with Crippen molar-refractivity contribution in [2.75, 3.05) is 20.6 Å². The maximum absolute atomic E-state index is 4.35. The van der Waals surface area contributed by atoms with Gasteiger partial charge in [-0.3, -0.25) is 4.99 Å². The zero-order valence-electron chi connectivity index (χ0n) is 13.8. The van der Waals surface area contributed by atoms with Crippen molar-refractivity contribution < 1.29 is 0 Å². The van der Waals surface area contributed by atoms with Crippen LogP contribution in [0.1, 0.15) is 45.2 Å². The fourth-order valence-corrected chi connectivity index (χ4v) is 2.28. The molecule has 0 N–H and O–H groups in total. The zero-order valence-corrected chi connectivity index (χ0v) is 13.8. The molecule has 2 heteroatoms. The van der Waals surface area contributed by atoms with Crippen LogP contribution < -0.4 is 0 Å². The van der Waals surface area contributed by atoms with Crippen LogP contribution in [0.25, 0.3) is 0 Å². The molecule has 0 unspecified atom stereocenters. The Morgan fingerprint density at radius 1 is 1.25 bits per heavy atom. The number of hydrogen-bond acceptors (Lipinski definition) is 2. The van der Waals surface area contributed by atoms with E-state index in [0.29, 0.717) is 0 Å². The lowest BCUT2D eigenvalue weighted by Crippen LogP contribution is -2.27. The van der Waals surface area contributed by atoms with Crippen LogP contribution in [-0.2, 0) is 5.41 Å². The van der Waals surface area contributed by atoms with E-state index in [9.17, 15) is 0 Å². The number of nitrogens with zero attached hydrogens (tertiary/aromatic N) is 2. The number of hydrogen-bond donors (Lipinski definition) is 0. The molecular weight excluding hydrogens is 244 g/mol. The average molecular weight is 272 g/mol. The van der Waals surface area contributed by atoms with Gasteiger partial charge in [-0.15, -0.1) is 0 Å². The molecule has 1 aromatic rings. The maximum Gasteiger partial charge on any atom is 0.0389 e. The van der Waals surface area contributed by atoms with E-state index >= 15 is 0 Å².